The third kappa shape index (κ3) is 4.57. The highest BCUT2D eigenvalue weighted by molar-refractivity contribution is 7.89. The predicted octanol–water partition coefficient (Wildman–Crippen LogP) is 4.16. The molecule has 0 saturated heterocycles. The summed E-state index contributed by atoms with van der Waals surface area (Å²) in [5.41, 5.74) is 0.810. The Labute approximate surface area is 175 Å². The maximum absolute atomic E-state index is 13.0. The summed E-state index contributed by atoms with van der Waals surface area (Å²) in [4.78, 5) is 2.11. The van der Waals surface area contributed by atoms with Crippen LogP contribution in [0.4, 0.5) is 5.69 Å². The first-order chi connectivity index (χ1) is 12.7. The Morgan fingerprint density at radius 3 is 2.37 bits per heavy atom. The number of halogens is 3. The zero-order valence-electron chi connectivity index (χ0n) is 15.0. The van der Waals surface area contributed by atoms with Gasteiger partial charge in [-0.25, -0.2) is 8.42 Å². The minimum atomic E-state index is -3.71. The van der Waals surface area contributed by atoms with Crippen molar-refractivity contribution in [1.29, 1.82) is 0 Å². The molecule has 0 amide bonds. The first kappa shape index (κ1) is 21.2. The van der Waals surface area contributed by atoms with Gasteiger partial charge in [-0.2, -0.15) is 4.31 Å². The fraction of sp³-hybridized carbons (Fsp3) is 0.556. The Morgan fingerprint density at radius 1 is 1.11 bits per heavy atom. The van der Waals surface area contributed by atoms with E-state index in [1.165, 1.54) is 4.31 Å². The minimum absolute atomic E-state index is 0.0956. The summed E-state index contributed by atoms with van der Waals surface area (Å²) in [6, 6.07) is 4.84. The van der Waals surface area contributed by atoms with Crippen LogP contribution < -0.4 is 4.90 Å². The molecule has 1 heterocycles. The summed E-state index contributed by atoms with van der Waals surface area (Å²) >= 11 is 18.6. The van der Waals surface area contributed by atoms with Crippen LogP contribution >= 0.6 is 34.8 Å². The third-order valence-electron chi connectivity index (χ3n) is 5.34. The van der Waals surface area contributed by atoms with Gasteiger partial charge in [-0.1, -0.05) is 34.8 Å². The molecule has 0 aromatic heterocycles. The summed E-state index contributed by atoms with van der Waals surface area (Å²) < 4.78 is 27.5. The highest BCUT2D eigenvalue weighted by atomic mass is 35.5. The van der Waals surface area contributed by atoms with Gasteiger partial charge in [0.2, 0.25) is 10.0 Å². The second-order valence-electron chi connectivity index (χ2n) is 7.08. The van der Waals surface area contributed by atoms with Crippen molar-refractivity contribution in [1.82, 2.24) is 4.31 Å². The Morgan fingerprint density at radius 2 is 1.78 bits per heavy atom. The van der Waals surface area contributed by atoms with E-state index in [1.54, 1.807) is 25.2 Å². The van der Waals surface area contributed by atoms with Gasteiger partial charge in [0, 0.05) is 36.8 Å². The van der Waals surface area contributed by atoms with Gasteiger partial charge in [-0.15, -0.1) is 0 Å². The van der Waals surface area contributed by atoms with E-state index in [1.807, 2.05) is 4.90 Å². The Hall–Kier alpha value is -0.500. The molecule has 150 valence electrons. The van der Waals surface area contributed by atoms with Crippen molar-refractivity contribution in [3.63, 3.8) is 0 Å². The van der Waals surface area contributed by atoms with Crippen LogP contribution in [0.2, 0.25) is 5.02 Å². The average molecular weight is 454 g/mol. The largest absolute Gasteiger partial charge is 0.393 e. The zero-order valence-corrected chi connectivity index (χ0v) is 18.1. The van der Waals surface area contributed by atoms with E-state index in [0.29, 0.717) is 55.3 Å². The quantitative estimate of drug-likeness (QED) is 0.743. The molecule has 0 radical (unpaired) electrons. The van der Waals surface area contributed by atoms with Crippen LogP contribution in [-0.2, 0) is 10.0 Å². The van der Waals surface area contributed by atoms with Crippen LogP contribution in [0.25, 0.3) is 0 Å². The number of hydrogen-bond donors (Lipinski definition) is 1. The zero-order chi connectivity index (χ0) is 19.8. The van der Waals surface area contributed by atoms with Gasteiger partial charge >= 0.3 is 0 Å². The number of anilines is 1. The smallest absolute Gasteiger partial charge is 0.244 e. The number of hydrogen-bond acceptors (Lipinski definition) is 4. The minimum Gasteiger partial charge on any atom is -0.393 e. The van der Waals surface area contributed by atoms with Gasteiger partial charge in [-0.05, 0) is 43.9 Å². The molecule has 27 heavy (non-hydrogen) atoms. The van der Waals surface area contributed by atoms with Gasteiger partial charge in [0.05, 0.1) is 22.7 Å². The Kier molecular flexibility index (Phi) is 6.66. The van der Waals surface area contributed by atoms with Gasteiger partial charge in [0.25, 0.3) is 0 Å². The summed E-state index contributed by atoms with van der Waals surface area (Å²) in [6.07, 6.45) is 2.83. The molecule has 1 aliphatic heterocycles. The van der Waals surface area contributed by atoms with Crippen molar-refractivity contribution in [3.05, 3.63) is 33.3 Å². The normalized spacial score (nSPS) is 24.6. The predicted molar refractivity (Wildman–Crippen MR) is 110 cm³/mol. The van der Waals surface area contributed by atoms with Gasteiger partial charge < -0.3 is 10.0 Å². The standard InChI is InChI=1S/C18H23Cl3N2O3S/c1-22(12-2-5-14(24)6-3-12)27(25,26)18-7-4-13(10-16(18)20)23-9-8-15(19)17(21)11-23/h4,7,10,12,14,24H,2-3,5-6,8-9,11H2,1H3. The first-order valence-corrected chi connectivity index (χ1v) is 11.5. The van der Waals surface area contributed by atoms with E-state index in [0.717, 1.165) is 5.69 Å². The summed E-state index contributed by atoms with van der Waals surface area (Å²) in [6.45, 7) is 1.18. The molecule has 0 spiro atoms. The molecule has 1 N–H and O–H groups in total. The molecule has 1 fully saturated rings. The molecule has 1 aromatic carbocycles. The second-order valence-corrected chi connectivity index (χ2v) is 10.4. The number of aliphatic hydroxyl groups is 1. The lowest BCUT2D eigenvalue weighted by atomic mass is 9.93. The van der Waals surface area contributed by atoms with E-state index in [2.05, 4.69) is 0 Å². The fourth-order valence-electron chi connectivity index (χ4n) is 3.59. The van der Waals surface area contributed by atoms with Crippen molar-refractivity contribution in [3.8, 4) is 0 Å². The lowest BCUT2D eigenvalue weighted by Crippen LogP contribution is -2.40. The molecule has 1 aliphatic carbocycles. The summed E-state index contributed by atoms with van der Waals surface area (Å²) in [7, 11) is -2.13. The van der Waals surface area contributed by atoms with E-state index >= 15 is 0 Å². The van der Waals surface area contributed by atoms with Crippen LogP contribution in [-0.4, -0.2) is 50.1 Å². The van der Waals surface area contributed by atoms with Crippen molar-refractivity contribution >= 4 is 50.5 Å². The fourth-order valence-corrected chi connectivity index (χ4v) is 5.90. The maximum Gasteiger partial charge on any atom is 0.244 e. The van der Waals surface area contributed by atoms with Gasteiger partial charge in [-0.3, -0.25) is 0 Å². The third-order valence-corrected chi connectivity index (χ3v) is 8.60. The molecule has 1 aromatic rings. The van der Waals surface area contributed by atoms with E-state index in [4.69, 9.17) is 34.8 Å². The SMILES string of the molecule is CN(C1CCC(O)CC1)S(=O)(=O)c1ccc(N2CCC(Cl)=C(Cl)C2)cc1Cl. The number of benzene rings is 1. The van der Waals surface area contributed by atoms with E-state index in [9.17, 15) is 13.5 Å². The van der Waals surface area contributed by atoms with Crippen LogP contribution in [0, 0.1) is 0 Å². The summed E-state index contributed by atoms with van der Waals surface area (Å²) in [5, 5.41) is 11.1. The molecule has 0 atom stereocenters. The van der Waals surface area contributed by atoms with E-state index in [-0.39, 0.29) is 22.1 Å². The lowest BCUT2D eigenvalue weighted by Gasteiger charge is -2.33. The average Bonchev–Trinajstić information content (AvgIpc) is 2.63. The Balaban J connectivity index is 1.80. The van der Waals surface area contributed by atoms with Gasteiger partial charge in [0.1, 0.15) is 4.90 Å². The molecule has 3 rings (SSSR count). The molecule has 2 aliphatic rings. The summed E-state index contributed by atoms with van der Waals surface area (Å²) in [5.74, 6) is 0. The number of nitrogens with zero attached hydrogens (tertiary/aromatic N) is 2. The van der Waals surface area contributed by atoms with E-state index < -0.39 is 10.0 Å². The van der Waals surface area contributed by atoms with Gasteiger partial charge in [0.15, 0.2) is 0 Å². The van der Waals surface area contributed by atoms with Crippen molar-refractivity contribution < 1.29 is 13.5 Å². The van der Waals surface area contributed by atoms with Crippen LogP contribution in [0.1, 0.15) is 32.1 Å². The highest BCUT2D eigenvalue weighted by Crippen LogP contribution is 2.34. The highest BCUT2D eigenvalue weighted by Gasteiger charge is 2.32. The molecular formula is C18H23Cl3N2O3S. The lowest BCUT2D eigenvalue weighted by molar-refractivity contribution is 0.104. The van der Waals surface area contributed by atoms with Crippen molar-refractivity contribution in [2.45, 2.75) is 49.1 Å². The molecule has 9 heteroatoms. The molecular weight excluding hydrogens is 431 g/mol. The van der Waals surface area contributed by atoms with Crippen LogP contribution in [0.5, 0.6) is 0 Å². The van der Waals surface area contributed by atoms with Crippen LogP contribution in [0.15, 0.2) is 33.2 Å². The topological polar surface area (TPSA) is 60.9 Å². The molecule has 0 bridgehead atoms. The number of sulfonamides is 1. The first-order valence-electron chi connectivity index (χ1n) is 8.93. The Bertz CT molecular complexity index is 836. The maximum atomic E-state index is 13.0. The van der Waals surface area contributed by atoms with Crippen molar-refractivity contribution in [2.75, 3.05) is 25.0 Å². The number of rotatable bonds is 4. The molecule has 1 saturated carbocycles. The second kappa shape index (κ2) is 8.47. The molecule has 0 unspecified atom stereocenters. The monoisotopic (exact) mass is 452 g/mol. The van der Waals surface area contributed by atoms with Crippen molar-refractivity contribution in [2.24, 2.45) is 0 Å². The van der Waals surface area contributed by atoms with Crippen LogP contribution in [0.3, 0.4) is 0 Å². The number of aliphatic hydroxyl groups excluding tert-OH is 1. The molecule has 5 nitrogen and oxygen atoms in total.